The van der Waals surface area contributed by atoms with Crippen LogP contribution in [0.15, 0.2) is 30.7 Å². The number of aromatic nitrogens is 4. The van der Waals surface area contributed by atoms with Crippen molar-refractivity contribution in [3.05, 3.63) is 47.5 Å². The van der Waals surface area contributed by atoms with Crippen molar-refractivity contribution in [3.63, 3.8) is 0 Å². The van der Waals surface area contributed by atoms with Gasteiger partial charge in [-0.15, -0.1) is 0 Å². The van der Waals surface area contributed by atoms with Crippen LogP contribution in [0.25, 0.3) is 10.9 Å². The van der Waals surface area contributed by atoms with Gasteiger partial charge in [0.15, 0.2) is 0 Å². The number of amides is 1. The fraction of sp³-hybridized carbons (Fsp3) is 0.429. The van der Waals surface area contributed by atoms with Gasteiger partial charge in [-0.2, -0.15) is 18.3 Å². The van der Waals surface area contributed by atoms with Crippen LogP contribution in [0.5, 0.6) is 5.88 Å². The number of aryl methyl sites for hydroxylation is 1. The molecule has 0 saturated heterocycles. The molecule has 0 spiro atoms. The minimum atomic E-state index is -4.29. The van der Waals surface area contributed by atoms with Crippen LogP contribution in [0.4, 0.5) is 13.2 Å². The topological polar surface area (TPSA) is 122 Å². The lowest BCUT2D eigenvalue weighted by Crippen LogP contribution is -2.34. The van der Waals surface area contributed by atoms with Gasteiger partial charge < -0.3 is 20.3 Å². The molecule has 3 N–H and O–H groups in total. The number of hydrogen-bond donors (Lipinski definition) is 3. The smallest absolute Gasteiger partial charge is 0.392 e. The van der Waals surface area contributed by atoms with E-state index < -0.39 is 31.9 Å². The standard InChI is InChI=1S/C21H24F3N5O4/c1-13-6-14(8-27-20(13)33-5-3-21(22,23)24)10-29-11-16-17(28-29)2-4-25-18(16)7-19(32)26-9-15(31)12-30/h2,4,6,8,11,15,30-31H,3,5,7,9-10,12H2,1H3,(H,26,32)/t15-/m1/s1. The third-order valence-electron chi connectivity index (χ3n) is 4.69. The Balaban J connectivity index is 1.67. The second-order valence-corrected chi connectivity index (χ2v) is 7.51. The fourth-order valence-corrected chi connectivity index (χ4v) is 3.09. The van der Waals surface area contributed by atoms with Gasteiger partial charge >= 0.3 is 6.18 Å². The molecular formula is C21H24F3N5O4. The molecule has 0 aromatic carbocycles. The summed E-state index contributed by atoms with van der Waals surface area (Å²) in [7, 11) is 0. The Labute approximate surface area is 187 Å². The third-order valence-corrected chi connectivity index (χ3v) is 4.69. The van der Waals surface area contributed by atoms with Gasteiger partial charge in [0.05, 0.1) is 49.9 Å². The normalized spacial score (nSPS) is 12.7. The number of pyridine rings is 2. The van der Waals surface area contributed by atoms with Gasteiger partial charge in [-0.05, 0) is 24.6 Å². The van der Waals surface area contributed by atoms with Gasteiger partial charge in [0.2, 0.25) is 11.8 Å². The summed E-state index contributed by atoms with van der Waals surface area (Å²) in [5.74, 6) is -0.200. The summed E-state index contributed by atoms with van der Waals surface area (Å²) in [6.07, 6.45) is -1.58. The number of aliphatic hydroxyl groups is 2. The molecule has 0 aliphatic rings. The molecule has 0 unspecified atom stereocenters. The predicted octanol–water partition coefficient (Wildman–Crippen LogP) is 1.53. The number of alkyl halides is 3. The lowest BCUT2D eigenvalue weighted by atomic mass is 10.2. The number of carbonyl (C=O) groups excluding carboxylic acids is 1. The van der Waals surface area contributed by atoms with Crippen LogP contribution in [-0.4, -0.2) is 67.9 Å². The zero-order valence-corrected chi connectivity index (χ0v) is 17.8. The molecule has 33 heavy (non-hydrogen) atoms. The first-order chi connectivity index (χ1) is 15.6. The van der Waals surface area contributed by atoms with E-state index in [2.05, 4.69) is 20.4 Å². The summed E-state index contributed by atoms with van der Waals surface area (Å²) in [6.45, 7) is 1.04. The first-order valence-electron chi connectivity index (χ1n) is 10.2. The highest BCUT2D eigenvalue weighted by atomic mass is 19.4. The lowest BCUT2D eigenvalue weighted by Gasteiger charge is -2.11. The Morgan fingerprint density at radius 3 is 2.82 bits per heavy atom. The number of carbonyl (C=O) groups is 1. The van der Waals surface area contributed by atoms with E-state index in [-0.39, 0.29) is 24.8 Å². The number of ether oxygens (including phenoxy) is 1. The van der Waals surface area contributed by atoms with Crippen molar-refractivity contribution in [3.8, 4) is 5.88 Å². The molecule has 3 aromatic rings. The average molecular weight is 467 g/mol. The Morgan fingerprint density at radius 2 is 2.12 bits per heavy atom. The van der Waals surface area contributed by atoms with Crippen LogP contribution in [0.3, 0.4) is 0 Å². The van der Waals surface area contributed by atoms with Crippen molar-refractivity contribution in [1.29, 1.82) is 0 Å². The van der Waals surface area contributed by atoms with E-state index in [1.54, 1.807) is 36.1 Å². The van der Waals surface area contributed by atoms with E-state index in [1.807, 2.05) is 0 Å². The van der Waals surface area contributed by atoms with Crippen LogP contribution in [0.2, 0.25) is 0 Å². The minimum absolute atomic E-state index is 0.0220. The molecule has 0 bridgehead atoms. The highest BCUT2D eigenvalue weighted by Gasteiger charge is 2.27. The maximum Gasteiger partial charge on any atom is 0.392 e. The molecular weight excluding hydrogens is 443 g/mol. The Morgan fingerprint density at radius 1 is 1.33 bits per heavy atom. The molecule has 12 heteroatoms. The van der Waals surface area contributed by atoms with Crippen LogP contribution < -0.4 is 10.1 Å². The SMILES string of the molecule is Cc1cc(Cn2cc3c(CC(=O)NC[C@@H](O)CO)nccc3n2)cnc1OCCC(F)(F)F. The van der Waals surface area contributed by atoms with E-state index in [4.69, 9.17) is 9.84 Å². The highest BCUT2D eigenvalue weighted by molar-refractivity contribution is 5.86. The molecule has 9 nitrogen and oxygen atoms in total. The van der Waals surface area contributed by atoms with Gasteiger partial charge in [0, 0.05) is 36.1 Å². The van der Waals surface area contributed by atoms with Crippen LogP contribution in [0, 0.1) is 6.92 Å². The summed E-state index contributed by atoms with van der Waals surface area (Å²) >= 11 is 0. The second-order valence-electron chi connectivity index (χ2n) is 7.51. The van der Waals surface area contributed by atoms with Gasteiger partial charge in [0.25, 0.3) is 0 Å². The van der Waals surface area contributed by atoms with Crippen molar-refractivity contribution in [2.45, 2.75) is 38.6 Å². The zero-order chi connectivity index (χ0) is 24.0. The molecule has 0 aliphatic heterocycles. The number of aliphatic hydroxyl groups excluding tert-OH is 2. The highest BCUT2D eigenvalue weighted by Crippen LogP contribution is 2.22. The van der Waals surface area contributed by atoms with E-state index >= 15 is 0 Å². The van der Waals surface area contributed by atoms with Crippen LogP contribution >= 0.6 is 0 Å². The summed E-state index contributed by atoms with van der Waals surface area (Å²) in [5.41, 5.74) is 2.53. The molecule has 3 heterocycles. The predicted molar refractivity (Wildman–Crippen MR) is 112 cm³/mol. The zero-order valence-electron chi connectivity index (χ0n) is 17.8. The van der Waals surface area contributed by atoms with Gasteiger partial charge in [-0.25, -0.2) is 4.98 Å². The number of nitrogens with one attached hydrogen (secondary N) is 1. The number of nitrogens with zero attached hydrogens (tertiary/aromatic N) is 4. The van der Waals surface area contributed by atoms with Gasteiger partial charge in [-0.3, -0.25) is 14.5 Å². The maximum absolute atomic E-state index is 12.3. The molecule has 1 amide bonds. The Kier molecular flexibility index (Phi) is 7.82. The number of rotatable bonds is 10. The summed E-state index contributed by atoms with van der Waals surface area (Å²) < 4.78 is 43.6. The monoisotopic (exact) mass is 467 g/mol. The Bertz CT molecular complexity index is 1100. The summed E-state index contributed by atoms with van der Waals surface area (Å²) in [4.78, 5) is 20.5. The second kappa shape index (κ2) is 10.6. The van der Waals surface area contributed by atoms with Crippen molar-refractivity contribution in [2.75, 3.05) is 19.8 Å². The first kappa shape index (κ1) is 24.4. The van der Waals surface area contributed by atoms with E-state index in [0.717, 1.165) is 5.56 Å². The molecule has 178 valence electrons. The van der Waals surface area contributed by atoms with Crippen LogP contribution in [0.1, 0.15) is 23.2 Å². The van der Waals surface area contributed by atoms with Crippen molar-refractivity contribution in [1.82, 2.24) is 25.1 Å². The van der Waals surface area contributed by atoms with E-state index in [1.165, 1.54) is 6.20 Å². The lowest BCUT2D eigenvalue weighted by molar-refractivity contribution is -0.139. The van der Waals surface area contributed by atoms with E-state index in [0.29, 0.717) is 28.7 Å². The average Bonchev–Trinajstić information content (AvgIpc) is 3.16. The van der Waals surface area contributed by atoms with Crippen LogP contribution in [-0.2, 0) is 17.8 Å². The maximum atomic E-state index is 12.3. The molecule has 1 atom stereocenters. The molecule has 3 aromatic heterocycles. The molecule has 0 radical (unpaired) electrons. The van der Waals surface area contributed by atoms with Gasteiger partial charge in [0.1, 0.15) is 0 Å². The summed E-state index contributed by atoms with van der Waals surface area (Å²) in [5, 5.41) is 25.9. The van der Waals surface area contributed by atoms with Crippen molar-refractivity contribution in [2.24, 2.45) is 0 Å². The van der Waals surface area contributed by atoms with E-state index in [9.17, 15) is 23.1 Å². The van der Waals surface area contributed by atoms with Crippen molar-refractivity contribution >= 4 is 16.8 Å². The molecule has 0 fully saturated rings. The summed E-state index contributed by atoms with van der Waals surface area (Å²) in [6, 6.07) is 3.48. The number of hydrogen-bond acceptors (Lipinski definition) is 7. The quantitative estimate of drug-likeness (QED) is 0.413. The molecule has 0 saturated carbocycles. The molecule has 0 aliphatic carbocycles. The van der Waals surface area contributed by atoms with Gasteiger partial charge in [-0.1, -0.05) is 0 Å². The third kappa shape index (κ3) is 7.12. The Hall–Kier alpha value is -3.25. The minimum Gasteiger partial charge on any atom is -0.477 e. The van der Waals surface area contributed by atoms with Crippen molar-refractivity contribution < 1.29 is 32.9 Å². The number of fused-ring (bicyclic) bond motifs is 1. The molecule has 3 rings (SSSR count). The largest absolute Gasteiger partial charge is 0.477 e. The number of halogens is 3. The first-order valence-corrected chi connectivity index (χ1v) is 10.2. The fourth-order valence-electron chi connectivity index (χ4n) is 3.09.